The average molecular weight is 320 g/mol. The standard InChI is InChI=1S/C10H14FN.C9H12FN/c1-4-8-5-9(11)6-12-10(8)7(2)3;1-6(2)9-8(10)4-7(3)5-11-9/h5-7H,4H2,1-3H3;4-6H,1-3H3. The molecule has 0 aromatic carbocycles. The summed E-state index contributed by atoms with van der Waals surface area (Å²) in [7, 11) is 0. The number of nitrogens with zero attached hydrogens (tertiary/aromatic N) is 2. The Morgan fingerprint density at radius 2 is 1.48 bits per heavy atom. The highest BCUT2D eigenvalue weighted by molar-refractivity contribution is 5.23. The van der Waals surface area contributed by atoms with Crippen LogP contribution in [0.1, 0.15) is 69.0 Å². The monoisotopic (exact) mass is 320 g/mol. The van der Waals surface area contributed by atoms with Gasteiger partial charge in [0.05, 0.1) is 11.9 Å². The van der Waals surface area contributed by atoms with Crippen LogP contribution < -0.4 is 0 Å². The van der Waals surface area contributed by atoms with Crippen molar-refractivity contribution in [3.63, 3.8) is 0 Å². The van der Waals surface area contributed by atoms with E-state index >= 15 is 0 Å². The molecule has 0 fully saturated rings. The number of halogens is 2. The van der Waals surface area contributed by atoms with Crippen molar-refractivity contribution in [3.05, 3.63) is 58.7 Å². The van der Waals surface area contributed by atoms with Gasteiger partial charge in [-0.05, 0) is 48.4 Å². The van der Waals surface area contributed by atoms with Crippen molar-refractivity contribution in [1.82, 2.24) is 9.97 Å². The van der Waals surface area contributed by atoms with Gasteiger partial charge in [-0.1, -0.05) is 34.6 Å². The summed E-state index contributed by atoms with van der Waals surface area (Å²) in [6, 6.07) is 3.09. The first-order valence-corrected chi connectivity index (χ1v) is 8.02. The largest absolute Gasteiger partial charge is 0.258 e. The van der Waals surface area contributed by atoms with Crippen molar-refractivity contribution < 1.29 is 8.78 Å². The molecule has 0 aliphatic carbocycles. The van der Waals surface area contributed by atoms with Crippen LogP contribution in [0.5, 0.6) is 0 Å². The summed E-state index contributed by atoms with van der Waals surface area (Å²) in [6.07, 6.45) is 3.82. The summed E-state index contributed by atoms with van der Waals surface area (Å²) in [4.78, 5) is 8.08. The minimum atomic E-state index is -0.240. The van der Waals surface area contributed by atoms with E-state index in [1.54, 1.807) is 12.3 Å². The van der Waals surface area contributed by atoms with Gasteiger partial charge in [-0.3, -0.25) is 9.97 Å². The quantitative estimate of drug-likeness (QED) is 0.740. The molecule has 2 aromatic rings. The molecular formula is C19H26F2N2. The van der Waals surface area contributed by atoms with E-state index in [0.717, 1.165) is 23.2 Å². The van der Waals surface area contributed by atoms with Crippen LogP contribution in [0.25, 0.3) is 0 Å². The molecule has 0 aliphatic rings. The number of hydrogen-bond acceptors (Lipinski definition) is 2. The average Bonchev–Trinajstić information content (AvgIpc) is 2.46. The number of rotatable bonds is 3. The lowest BCUT2D eigenvalue weighted by atomic mass is 10.0. The number of aromatic nitrogens is 2. The number of pyridine rings is 2. The molecule has 0 saturated carbocycles. The van der Waals surface area contributed by atoms with Crippen LogP contribution in [0.3, 0.4) is 0 Å². The maximum absolute atomic E-state index is 13.0. The van der Waals surface area contributed by atoms with Gasteiger partial charge in [0.1, 0.15) is 11.6 Å². The van der Waals surface area contributed by atoms with E-state index in [4.69, 9.17) is 0 Å². The topological polar surface area (TPSA) is 25.8 Å². The molecule has 0 N–H and O–H groups in total. The third kappa shape index (κ3) is 5.70. The van der Waals surface area contributed by atoms with Crippen LogP contribution in [-0.2, 0) is 6.42 Å². The van der Waals surface area contributed by atoms with Crippen molar-refractivity contribution in [2.45, 2.75) is 59.8 Å². The SMILES string of the molecule is CCc1cc(F)cnc1C(C)C.Cc1cnc(C(C)C)c(F)c1. The molecule has 0 saturated heterocycles. The zero-order valence-electron chi connectivity index (χ0n) is 14.8. The molecule has 0 spiro atoms. The van der Waals surface area contributed by atoms with Gasteiger partial charge in [-0.15, -0.1) is 0 Å². The first-order valence-electron chi connectivity index (χ1n) is 8.02. The highest BCUT2D eigenvalue weighted by Gasteiger charge is 2.07. The second kappa shape index (κ2) is 8.70. The fourth-order valence-electron chi connectivity index (χ4n) is 2.26. The molecule has 0 radical (unpaired) electrons. The summed E-state index contributed by atoms with van der Waals surface area (Å²) in [6.45, 7) is 11.9. The molecule has 2 rings (SSSR count). The molecular weight excluding hydrogens is 294 g/mol. The highest BCUT2D eigenvalue weighted by Crippen LogP contribution is 2.18. The van der Waals surface area contributed by atoms with Gasteiger partial charge in [-0.25, -0.2) is 8.78 Å². The lowest BCUT2D eigenvalue weighted by Crippen LogP contribution is -1.99. The third-order valence-corrected chi connectivity index (χ3v) is 3.45. The Balaban J connectivity index is 0.000000231. The van der Waals surface area contributed by atoms with Gasteiger partial charge in [0.25, 0.3) is 0 Å². The molecule has 0 amide bonds. The maximum Gasteiger partial charge on any atom is 0.145 e. The zero-order valence-corrected chi connectivity index (χ0v) is 14.8. The molecule has 0 unspecified atom stereocenters. The minimum absolute atomic E-state index is 0.163. The summed E-state index contributed by atoms with van der Waals surface area (Å²) >= 11 is 0. The molecule has 4 heteroatoms. The zero-order chi connectivity index (χ0) is 17.6. The first kappa shape index (κ1) is 19.2. The van der Waals surface area contributed by atoms with E-state index in [2.05, 4.69) is 23.8 Å². The molecule has 2 aromatic heterocycles. The van der Waals surface area contributed by atoms with Gasteiger partial charge >= 0.3 is 0 Å². The first-order chi connectivity index (χ1) is 10.8. The van der Waals surface area contributed by atoms with Crippen LogP contribution in [0.15, 0.2) is 24.5 Å². The molecule has 0 bridgehead atoms. The smallest absolute Gasteiger partial charge is 0.145 e. The Labute approximate surface area is 138 Å². The van der Waals surface area contributed by atoms with Crippen molar-refractivity contribution in [1.29, 1.82) is 0 Å². The van der Waals surface area contributed by atoms with Crippen LogP contribution in [0, 0.1) is 18.6 Å². The molecule has 0 atom stereocenters. The van der Waals surface area contributed by atoms with Crippen molar-refractivity contribution >= 4 is 0 Å². The van der Waals surface area contributed by atoms with Crippen molar-refractivity contribution in [3.8, 4) is 0 Å². The van der Waals surface area contributed by atoms with Crippen LogP contribution in [-0.4, -0.2) is 9.97 Å². The molecule has 126 valence electrons. The minimum Gasteiger partial charge on any atom is -0.258 e. The Hall–Kier alpha value is -1.84. The Morgan fingerprint density at radius 1 is 0.913 bits per heavy atom. The molecule has 2 nitrogen and oxygen atoms in total. The van der Waals surface area contributed by atoms with Crippen LogP contribution in [0.2, 0.25) is 0 Å². The highest BCUT2D eigenvalue weighted by atomic mass is 19.1. The van der Waals surface area contributed by atoms with Gasteiger partial charge in [0.2, 0.25) is 0 Å². The van der Waals surface area contributed by atoms with Gasteiger partial charge in [0, 0.05) is 11.9 Å². The van der Waals surface area contributed by atoms with Gasteiger partial charge in [0.15, 0.2) is 0 Å². The van der Waals surface area contributed by atoms with Crippen molar-refractivity contribution in [2.75, 3.05) is 0 Å². The van der Waals surface area contributed by atoms with E-state index in [1.165, 1.54) is 12.3 Å². The number of aryl methyl sites for hydroxylation is 2. The van der Waals surface area contributed by atoms with Crippen LogP contribution >= 0.6 is 0 Å². The fraction of sp³-hybridized carbons (Fsp3) is 0.474. The van der Waals surface area contributed by atoms with E-state index in [1.807, 2.05) is 27.7 Å². The third-order valence-electron chi connectivity index (χ3n) is 3.45. The maximum atomic E-state index is 13.0. The fourth-order valence-corrected chi connectivity index (χ4v) is 2.26. The molecule has 2 heterocycles. The second-order valence-corrected chi connectivity index (χ2v) is 6.24. The Kier molecular flexibility index (Phi) is 7.27. The Bertz CT molecular complexity index is 637. The van der Waals surface area contributed by atoms with E-state index in [-0.39, 0.29) is 17.6 Å². The van der Waals surface area contributed by atoms with Gasteiger partial charge < -0.3 is 0 Å². The van der Waals surface area contributed by atoms with Gasteiger partial charge in [-0.2, -0.15) is 0 Å². The summed E-state index contributed by atoms with van der Waals surface area (Å²) in [5, 5.41) is 0. The van der Waals surface area contributed by atoms with E-state index in [0.29, 0.717) is 11.6 Å². The molecule has 23 heavy (non-hydrogen) atoms. The second-order valence-electron chi connectivity index (χ2n) is 6.24. The predicted molar refractivity (Wildman–Crippen MR) is 90.7 cm³/mol. The summed E-state index contributed by atoms with van der Waals surface area (Å²) in [5.41, 5.74) is 3.45. The Morgan fingerprint density at radius 3 is 1.96 bits per heavy atom. The number of hydrogen-bond donors (Lipinski definition) is 0. The van der Waals surface area contributed by atoms with Crippen molar-refractivity contribution in [2.24, 2.45) is 0 Å². The normalized spacial score (nSPS) is 10.7. The lowest BCUT2D eigenvalue weighted by Gasteiger charge is -2.09. The van der Waals surface area contributed by atoms with E-state index in [9.17, 15) is 8.78 Å². The van der Waals surface area contributed by atoms with E-state index < -0.39 is 0 Å². The summed E-state index contributed by atoms with van der Waals surface area (Å²) in [5.74, 6) is 0.104. The lowest BCUT2D eigenvalue weighted by molar-refractivity contribution is 0.583. The van der Waals surface area contributed by atoms with Crippen LogP contribution in [0.4, 0.5) is 8.78 Å². The summed E-state index contributed by atoms with van der Waals surface area (Å²) < 4.78 is 25.8. The predicted octanol–water partition coefficient (Wildman–Crippen LogP) is 5.56. The molecule has 0 aliphatic heterocycles.